The van der Waals surface area contributed by atoms with Gasteiger partial charge < -0.3 is 9.84 Å². The van der Waals surface area contributed by atoms with E-state index < -0.39 is 6.10 Å². The van der Waals surface area contributed by atoms with Gasteiger partial charge in [0.25, 0.3) is 0 Å². The molecule has 0 aliphatic rings. The number of halogens is 2. The van der Waals surface area contributed by atoms with Crippen LogP contribution < -0.4 is 4.74 Å². The molecular formula is C14H12BrIO2. The van der Waals surface area contributed by atoms with Gasteiger partial charge in [0.05, 0.1) is 10.6 Å². The molecule has 18 heavy (non-hydrogen) atoms. The van der Waals surface area contributed by atoms with Gasteiger partial charge in [-0.15, -0.1) is 0 Å². The highest BCUT2D eigenvalue weighted by Crippen LogP contribution is 2.32. The topological polar surface area (TPSA) is 29.5 Å². The lowest BCUT2D eigenvalue weighted by Gasteiger charge is -2.11. The zero-order valence-corrected chi connectivity index (χ0v) is 13.5. The molecule has 2 aromatic rings. The third kappa shape index (κ3) is 3.46. The lowest BCUT2D eigenvalue weighted by Crippen LogP contribution is -1.92. The van der Waals surface area contributed by atoms with E-state index in [4.69, 9.17) is 4.74 Å². The molecule has 94 valence electrons. The zero-order valence-electron chi connectivity index (χ0n) is 9.73. The molecule has 1 atom stereocenters. The number of benzene rings is 2. The van der Waals surface area contributed by atoms with Crippen molar-refractivity contribution in [3.8, 4) is 11.5 Å². The molecule has 0 bridgehead atoms. The summed E-state index contributed by atoms with van der Waals surface area (Å²) in [5, 5.41) is 9.50. The Bertz CT molecular complexity index is 555. The molecule has 1 N–H and O–H groups in total. The van der Waals surface area contributed by atoms with Crippen LogP contribution in [0.4, 0.5) is 0 Å². The molecule has 0 aliphatic heterocycles. The Morgan fingerprint density at radius 3 is 2.61 bits per heavy atom. The van der Waals surface area contributed by atoms with E-state index in [9.17, 15) is 5.11 Å². The average molecular weight is 419 g/mol. The summed E-state index contributed by atoms with van der Waals surface area (Å²) in [6.45, 7) is 1.74. The highest BCUT2D eigenvalue weighted by Gasteiger charge is 2.07. The Labute approximate surface area is 128 Å². The Balaban J connectivity index is 2.24. The highest BCUT2D eigenvalue weighted by molar-refractivity contribution is 14.1. The summed E-state index contributed by atoms with van der Waals surface area (Å²) < 4.78 is 7.75. The number of rotatable bonds is 3. The summed E-state index contributed by atoms with van der Waals surface area (Å²) in [6, 6.07) is 13.4. The van der Waals surface area contributed by atoms with E-state index in [1.165, 1.54) is 0 Å². The molecule has 2 rings (SSSR count). The average Bonchev–Trinajstić information content (AvgIpc) is 2.31. The normalized spacial score (nSPS) is 12.2. The third-order valence-corrected chi connectivity index (χ3v) is 3.75. The molecule has 0 saturated carbocycles. The smallest absolute Gasteiger partial charge is 0.141 e. The van der Waals surface area contributed by atoms with Crippen LogP contribution in [0.1, 0.15) is 18.6 Å². The Kier molecular flexibility index (Phi) is 4.64. The maximum Gasteiger partial charge on any atom is 0.141 e. The standard InChI is InChI=1S/C14H12BrIO2/c1-9(17)10-5-6-14(13(15)7-10)18-12-4-2-3-11(16)8-12/h2-9,17H,1H3. The first-order chi connectivity index (χ1) is 8.56. The van der Waals surface area contributed by atoms with Crippen LogP contribution in [0.25, 0.3) is 0 Å². The number of aliphatic hydroxyl groups is 1. The van der Waals surface area contributed by atoms with Crippen molar-refractivity contribution in [3.05, 3.63) is 56.1 Å². The minimum atomic E-state index is -0.479. The Morgan fingerprint density at radius 2 is 2.00 bits per heavy atom. The predicted octanol–water partition coefficient (Wildman–Crippen LogP) is 4.90. The molecule has 0 spiro atoms. The van der Waals surface area contributed by atoms with Gasteiger partial charge in [0.1, 0.15) is 11.5 Å². The second kappa shape index (κ2) is 6.04. The molecule has 4 heteroatoms. The lowest BCUT2D eigenvalue weighted by molar-refractivity contribution is 0.199. The fourth-order valence-corrected chi connectivity index (χ4v) is 2.51. The molecule has 2 nitrogen and oxygen atoms in total. The minimum absolute atomic E-state index is 0.479. The number of hydrogen-bond donors (Lipinski definition) is 1. The Hall–Kier alpha value is -0.590. The minimum Gasteiger partial charge on any atom is -0.456 e. The van der Waals surface area contributed by atoms with Gasteiger partial charge >= 0.3 is 0 Å². The zero-order chi connectivity index (χ0) is 13.1. The summed E-state index contributed by atoms with van der Waals surface area (Å²) in [5.74, 6) is 1.54. The molecule has 0 saturated heterocycles. The predicted molar refractivity (Wildman–Crippen MR) is 84.0 cm³/mol. The van der Waals surface area contributed by atoms with Gasteiger partial charge in [-0.2, -0.15) is 0 Å². The summed E-state index contributed by atoms with van der Waals surface area (Å²) in [4.78, 5) is 0. The van der Waals surface area contributed by atoms with E-state index in [-0.39, 0.29) is 0 Å². The molecule has 0 heterocycles. The van der Waals surface area contributed by atoms with E-state index in [0.717, 1.165) is 25.1 Å². The van der Waals surface area contributed by atoms with E-state index in [2.05, 4.69) is 38.5 Å². The maximum atomic E-state index is 9.50. The molecule has 1 unspecified atom stereocenters. The second-order valence-corrected chi connectivity index (χ2v) is 6.03. The summed E-state index contributed by atoms with van der Waals surface area (Å²) >= 11 is 5.70. The van der Waals surface area contributed by atoms with Crippen LogP contribution in [0.5, 0.6) is 11.5 Å². The maximum absolute atomic E-state index is 9.50. The SMILES string of the molecule is CC(O)c1ccc(Oc2cccc(I)c2)c(Br)c1. The molecule has 0 aromatic heterocycles. The summed E-state index contributed by atoms with van der Waals surface area (Å²) in [7, 11) is 0. The molecule has 0 fully saturated rings. The molecule has 0 radical (unpaired) electrons. The lowest BCUT2D eigenvalue weighted by atomic mass is 10.1. The Morgan fingerprint density at radius 1 is 1.22 bits per heavy atom. The van der Waals surface area contributed by atoms with Crippen LogP contribution in [0.3, 0.4) is 0 Å². The quantitative estimate of drug-likeness (QED) is 0.718. The van der Waals surface area contributed by atoms with Gasteiger partial charge in [-0.3, -0.25) is 0 Å². The van der Waals surface area contributed by atoms with Crippen molar-refractivity contribution in [1.82, 2.24) is 0 Å². The van der Waals surface area contributed by atoms with Gasteiger partial charge in [-0.05, 0) is 81.3 Å². The van der Waals surface area contributed by atoms with Gasteiger partial charge in [0.15, 0.2) is 0 Å². The second-order valence-electron chi connectivity index (χ2n) is 3.93. The molecule has 0 aliphatic carbocycles. The van der Waals surface area contributed by atoms with Gasteiger partial charge in [0.2, 0.25) is 0 Å². The van der Waals surface area contributed by atoms with Crippen LogP contribution >= 0.6 is 38.5 Å². The van der Waals surface area contributed by atoms with Crippen LogP contribution in [-0.2, 0) is 0 Å². The first kappa shape index (κ1) is 13.8. The van der Waals surface area contributed by atoms with E-state index in [0.29, 0.717) is 0 Å². The summed E-state index contributed by atoms with van der Waals surface area (Å²) in [5.41, 5.74) is 0.858. The van der Waals surface area contributed by atoms with Gasteiger partial charge in [-0.1, -0.05) is 12.1 Å². The molecule has 0 amide bonds. The van der Waals surface area contributed by atoms with E-state index in [1.807, 2.05) is 42.5 Å². The first-order valence-electron chi connectivity index (χ1n) is 5.47. The van der Waals surface area contributed by atoms with Crippen molar-refractivity contribution in [2.75, 3.05) is 0 Å². The first-order valence-corrected chi connectivity index (χ1v) is 7.34. The van der Waals surface area contributed by atoms with Crippen molar-refractivity contribution in [2.24, 2.45) is 0 Å². The monoisotopic (exact) mass is 418 g/mol. The number of ether oxygens (including phenoxy) is 1. The van der Waals surface area contributed by atoms with Crippen LogP contribution in [0, 0.1) is 3.57 Å². The fourth-order valence-electron chi connectivity index (χ4n) is 1.52. The van der Waals surface area contributed by atoms with Crippen molar-refractivity contribution < 1.29 is 9.84 Å². The van der Waals surface area contributed by atoms with Crippen molar-refractivity contribution in [1.29, 1.82) is 0 Å². The number of hydrogen-bond acceptors (Lipinski definition) is 2. The van der Waals surface area contributed by atoms with Crippen molar-refractivity contribution in [2.45, 2.75) is 13.0 Å². The third-order valence-electron chi connectivity index (χ3n) is 2.46. The van der Waals surface area contributed by atoms with Crippen LogP contribution in [-0.4, -0.2) is 5.11 Å². The van der Waals surface area contributed by atoms with E-state index in [1.54, 1.807) is 6.92 Å². The van der Waals surface area contributed by atoms with Crippen LogP contribution in [0.2, 0.25) is 0 Å². The van der Waals surface area contributed by atoms with Crippen molar-refractivity contribution in [3.63, 3.8) is 0 Å². The van der Waals surface area contributed by atoms with Crippen molar-refractivity contribution >= 4 is 38.5 Å². The summed E-state index contributed by atoms with van der Waals surface area (Å²) in [6.07, 6.45) is -0.479. The van der Waals surface area contributed by atoms with Gasteiger partial charge in [-0.25, -0.2) is 0 Å². The van der Waals surface area contributed by atoms with Crippen LogP contribution in [0.15, 0.2) is 46.9 Å². The van der Waals surface area contributed by atoms with Gasteiger partial charge in [0, 0.05) is 3.57 Å². The fraction of sp³-hybridized carbons (Fsp3) is 0.143. The largest absolute Gasteiger partial charge is 0.456 e. The molecular weight excluding hydrogens is 407 g/mol. The molecule has 2 aromatic carbocycles. The highest BCUT2D eigenvalue weighted by atomic mass is 127. The number of aliphatic hydroxyl groups excluding tert-OH is 1. The van der Waals surface area contributed by atoms with E-state index >= 15 is 0 Å².